The highest BCUT2D eigenvalue weighted by Crippen LogP contribution is 2.42. The van der Waals surface area contributed by atoms with E-state index in [0.29, 0.717) is 5.92 Å². The molecule has 1 aromatic rings. The number of phenols is 1. The maximum absolute atomic E-state index is 11.8. The molecule has 0 saturated heterocycles. The lowest BCUT2D eigenvalue weighted by Gasteiger charge is -2.19. The fourth-order valence-corrected chi connectivity index (χ4v) is 2.07. The molecule has 0 amide bonds. The second kappa shape index (κ2) is 4.63. The minimum atomic E-state index is -0.400. The molecular formula is C15H20O3. The third-order valence-electron chi connectivity index (χ3n) is 3.07. The molecule has 1 aliphatic carbocycles. The standard InChI is InChI=1S/C15H20O3/c1-15(2,3)18-14(17)13-9-11(13)8-10-4-6-12(16)7-5-10/h4-7,11,13,16H,8-9H2,1-3H3. The predicted octanol–water partition coefficient (Wildman–Crippen LogP) is 2.91. The van der Waals surface area contributed by atoms with E-state index in [1.165, 1.54) is 0 Å². The van der Waals surface area contributed by atoms with Crippen molar-refractivity contribution >= 4 is 5.97 Å². The van der Waals surface area contributed by atoms with E-state index in [1.54, 1.807) is 12.1 Å². The third kappa shape index (κ3) is 3.49. The van der Waals surface area contributed by atoms with Gasteiger partial charge in [0.1, 0.15) is 11.4 Å². The van der Waals surface area contributed by atoms with Crippen molar-refractivity contribution < 1.29 is 14.6 Å². The van der Waals surface area contributed by atoms with Gasteiger partial charge in [0.2, 0.25) is 0 Å². The molecule has 3 nitrogen and oxygen atoms in total. The maximum Gasteiger partial charge on any atom is 0.309 e. The van der Waals surface area contributed by atoms with E-state index in [4.69, 9.17) is 4.74 Å². The molecular weight excluding hydrogens is 228 g/mol. The Morgan fingerprint density at radius 3 is 2.50 bits per heavy atom. The molecule has 0 spiro atoms. The van der Waals surface area contributed by atoms with Gasteiger partial charge in [0.15, 0.2) is 0 Å². The Balaban J connectivity index is 1.85. The first kappa shape index (κ1) is 12.9. The highest BCUT2D eigenvalue weighted by atomic mass is 16.6. The lowest BCUT2D eigenvalue weighted by atomic mass is 10.1. The average Bonchev–Trinajstić information content (AvgIpc) is 2.98. The smallest absolute Gasteiger partial charge is 0.309 e. The van der Waals surface area contributed by atoms with Crippen molar-refractivity contribution in [2.45, 2.75) is 39.2 Å². The van der Waals surface area contributed by atoms with Crippen LogP contribution >= 0.6 is 0 Å². The van der Waals surface area contributed by atoms with Gasteiger partial charge in [-0.3, -0.25) is 4.79 Å². The largest absolute Gasteiger partial charge is 0.508 e. The van der Waals surface area contributed by atoms with Crippen molar-refractivity contribution in [2.75, 3.05) is 0 Å². The Hall–Kier alpha value is -1.51. The Morgan fingerprint density at radius 2 is 1.94 bits per heavy atom. The van der Waals surface area contributed by atoms with Gasteiger partial charge in [0, 0.05) is 0 Å². The van der Waals surface area contributed by atoms with Crippen molar-refractivity contribution in [2.24, 2.45) is 11.8 Å². The van der Waals surface area contributed by atoms with E-state index in [0.717, 1.165) is 18.4 Å². The molecule has 18 heavy (non-hydrogen) atoms. The highest BCUT2D eigenvalue weighted by Gasteiger charge is 2.44. The van der Waals surface area contributed by atoms with Crippen LogP contribution in [0.4, 0.5) is 0 Å². The summed E-state index contributed by atoms with van der Waals surface area (Å²) in [7, 11) is 0. The summed E-state index contributed by atoms with van der Waals surface area (Å²) in [5.41, 5.74) is 0.756. The molecule has 1 aromatic carbocycles. The van der Waals surface area contributed by atoms with E-state index < -0.39 is 5.60 Å². The van der Waals surface area contributed by atoms with E-state index >= 15 is 0 Å². The van der Waals surface area contributed by atoms with Crippen LogP contribution in [0.2, 0.25) is 0 Å². The van der Waals surface area contributed by atoms with Crippen LogP contribution in [0.5, 0.6) is 5.75 Å². The van der Waals surface area contributed by atoms with Crippen molar-refractivity contribution in [3.63, 3.8) is 0 Å². The number of carbonyl (C=O) groups excluding carboxylic acids is 1. The maximum atomic E-state index is 11.8. The van der Waals surface area contributed by atoms with Gasteiger partial charge in [-0.25, -0.2) is 0 Å². The normalized spacial score (nSPS) is 22.6. The minimum Gasteiger partial charge on any atom is -0.508 e. The molecule has 98 valence electrons. The van der Waals surface area contributed by atoms with Crippen molar-refractivity contribution in [1.82, 2.24) is 0 Å². The molecule has 1 N–H and O–H groups in total. The Labute approximate surface area is 108 Å². The number of hydrogen-bond acceptors (Lipinski definition) is 3. The second-order valence-electron chi connectivity index (χ2n) is 6.01. The van der Waals surface area contributed by atoms with Crippen LogP contribution in [0.3, 0.4) is 0 Å². The number of aromatic hydroxyl groups is 1. The molecule has 0 radical (unpaired) electrons. The van der Waals surface area contributed by atoms with Crippen LogP contribution in [0.25, 0.3) is 0 Å². The van der Waals surface area contributed by atoms with E-state index in [1.807, 2.05) is 32.9 Å². The molecule has 0 bridgehead atoms. The van der Waals surface area contributed by atoms with Gasteiger partial charge in [-0.2, -0.15) is 0 Å². The molecule has 1 aliphatic rings. The van der Waals surface area contributed by atoms with Gasteiger partial charge in [-0.05, 0) is 57.2 Å². The molecule has 0 heterocycles. The SMILES string of the molecule is CC(C)(C)OC(=O)C1CC1Cc1ccc(O)cc1. The Kier molecular flexibility index (Phi) is 3.33. The average molecular weight is 248 g/mol. The first-order valence-electron chi connectivity index (χ1n) is 6.36. The summed E-state index contributed by atoms with van der Waals surface area (Å²) in [5.74, 6) is 0.645. The highest BCUT2D eigenvalue weighted by molar-refractivity contribution is 5.76. The summed E-state index contributed by atoms with van der Waals surface area (Å²) in [4.78, 5) is 11.8. The van der Waals surface area contributed by atoms with Gasteiger partial charge in [-0.15, -0.1) is 0 Å². The van der Waals surface area contributed by atoms with Gasteiger partial charge < -0.3 is 9.84 Å². The number of rotatable bonds is 3. The Morgan fingerprint density at radius 1 is 1.33 bits per heavy atom. The lowest BCUT2D eigenvalue weighted by Crippen LogP contribution is -2.25. The monoisotopic (exact) mass is 248 g/mol. The Bertz CT molecular complexity index is 428. The van der Waals surface area contributed by atoms with Crippen LogP contribution in [-0.4, -0.2) is 16.7 Å². The zero-order valence-electron chi connectivity index (χ0n) is 11.1. The number of benzene rings is 1. The number of esters is 1. The summed E-state index contributed by atoms with van der Waals surface area (Å²) >= 11 is 0. The van der Waals surface area contributed by atoms with Gasteiger partial charge >= 0.3 is 5.97 Å². The summed E-state index contributed by atoms with van der Waals surface area (Å²) in [6, 6.07) is 7.17. The van der Waals surface area contributed by atoms with Crippen molar-refractivity contribution in [3.05, 3.63) is 29.8 Å². The van der Waals surface area contributed by atoms with Crippen LogP contribution < -0.4 is 0 Å². The lowest BCUT2D eigenvalue weighted by molar-refractivity contribution is -0.156. The topological polar surface area (TPSA) is 46.5 Å². The molecule has 0 aromatic heterocycles. The van der Waals surface area contributed by atoms with Crippen molar-refractivity contribution in [3.8, 4) is 5.75 Å². The number of phenolic OH excluding ortho intramolecular Hbond substituents is 1. The van der Waals surface area contributed by atoms with Gasteiger partial charge in [0.05, 0.1) is 5.92 Å². The zero-order chi connectivity index (χ0) is 13.3. The molecule has 1 fully saturated rings. The van der Waals surface area contributed by atoms with Crippen molar-refractivity contribution in [1.29, 1.82) is 0 Å². The first-order valence-corrected chi connectivity index (χ1v) is 6.36. The van der Waals surface area contributed by atoms with Crippen LogP contribution in [-0.2, 0) is 16.0 Å². The van der Waals surface area contributed by atoms with Gasteiger partial charge in [0.25, 0.3) is 0 Å². The number of ether oxygens (including phenoxy) is 1. The van der Waals surface area contributed by atoms with E-state index in [-0.39, 0.29) is 17.6 Å². The fourth-order valence-electron chi connectivity index (χ4n) is 2.07. The molecule has 0 aliphatic heterocycles. The molecule has 2 unspecified atom stereocenters. The van der Waals surface area contributed by atoms with Crippen LogP contribution in [0.15, 0.2) is 24.3 Å². The quantitative estimate of drug-likeness (QED) is 0.837. The van der Waals surface area contributed by atoms with E-state index in [2.05, 4.69) is 0 Å². The summed E-state index contributed by atoms with van der Waals surface area (Å²) < 4.78 is 5.37. The third-order valence-corrected chi connectivity index (χ3v) is 3.07. The minimum absolute atomic E-state index is 0.0537. The zero-order valence-corrected chi connectivity index (χ0v) is 11.1. The number of carbonyl (C=O) groups is 1. The van der Waals surface area contributed by atoms with Gasteiger partial charge in [-0.1, -0.05) is 12.1 Å². The predicted molar refractivity (Wildman–Crippen MR) is 69.3 cm³/mol. The van der Waals surface area contributed by atoms with E-state index in [9.17, 15) is 9.90 Å². The van der Waals surface area contributed by atoms with Crippen LogP contribution in [0, 0.1) is 11.8 Å². The second-order valence-corrected chi connectivity index (χ2v) is 6.01. The molecule has 2 rings (SSSR count). The summed E-state index contributed by atoms with van der Waals surface area (Å²) in [6.07, 6.45) is 1.79. The fraction of sp³-hybridized carbons (Fsp3) is 0.533. The van der Waals surface area contributed by atoms with Crippen LogP contribution in [0.1, 0.15) is 32.8 Å². The molecule has 1 saturated carbocycles. The molecule has 3 heteroatoms. The summed E-state index contributed by atoms with van der Waals surface area (Å²) in [5, 5.41) is 9.20. The number of hydrogen-bond donors (Lipinski definition) is 1. The molecule has 2 atom stereocenters. The first-order chi connectivity index (χ1) is 8.35. The summed E-state index contributed by atoms with van der Waals surface area (Å²) in [6.45, 7) is 5.67.